The van der Waals surface area contributed by atoms with Gasteiger partial charge in [0.05, 0.1) is 18.9 Å². The van der Waals surface area contributed by atoms with E-state index in [0.29, 0.717) is 28.7 Å². The molecule has 1 rings (SSSR count). The fourth-order valence-electron chi connectivity index (χ4n) is 5.86. The van der Waals surface area contributed by atoms with E-state index in [0.717, 1.165) is 0 Å². The number of hydrogen-bond donors (Lipinski definition) is 8. The first-order valence-corrected chi connectivity index (χ1v) is 19.1. The van der Waals surface area contributed by atoms with Gasteiger partial charge >= 0.3 is 17.9 Å². The zero-order chi connectivity index (χ0) is 45.0. The van der Waals surface area contributed by atoms with E-state index in [4.69, 9.17) is 10.8 Å². The molecule has 0 aliphatic carbocycles. The highest BCUT2D eigenvalue weighted by molar-refractivity contribution is 6.05. The number of imide groups is 1. The zero-order valence-corrected chi connectivity index (χ0v) is 34.3. The number of nitrogens with one attached hydrogen (secondary N) is 4. The van der Waals surface area contributed by atoms with Crippen LogP contribution in [0.15, 0.2) is 36.5 Å². The van der Waals surface area contributed by atoms with Gasteiger partial charge in [0.1, 0.15) is 30.5 Å². The van der Waals surface area contributed by atoms with Gasteiger partial charge in [-0.15, -0.1) is 0 Å². The first-order valence-electron chi connectivity index (χ1n) is 19.1. The minimum absolute atomic E-state index is 0.114. The number of hydrogen-bond acceptors (Lipinski definition) is 11. The summed E-state index contributed by atoms with van der Waals surface area (Å²) in [5.74, 6) is -10.4. The molecule has 0 aliphatic heterocycles. The average molecular weight is 831 g/mol. The topological polar surface area (TPSA) is 309 Å². The van der Waals surface area contributed by atoms with E-state index in [1.807, 2.05) is 0 Å². The molecule has 0 fully saturated rings. The van der Waals surface area contributed by atoms with Crippen LogP contribution >= 0.6 is 0 Å². The van der Waals surface area contributed by atoms with Gasteiger partial charge in [0.25, 0.3) is 5.91 Å². The quantitative estimate of drug-likeness (QED) is 0.0503. The Hall–Kier alpha value is -5.98. The van der Waals surface area contributed by atoms with E-state index in [-0.39, 0.29) is 25.2 Å². The lowest BCUT2D eigenvalue weighted by atomic mass is 9.83. The van der Waals surface area contributed by atoms with Crippen LogP contribution in [0.2, 0.25) is 0 Å². The van der Waals surface area contributed by atoms with Crippen molar-refractivity contribution in [3.8, 4) is 0 Å². The molecule has 326 valence electrons. The molecule has 1 aromatic carbocycles. The summed E-state index contributed by atoms with van der Waals surface area (Å²) >= 11 is 0. The molecule has 0 bridgehead atoms. The number of aldehydes is 1. The summed E-state index contributed by atoms with van der Waals surface area (Å²) in [6, 6.07) is -1.24. The standard InChI is InChI=1S/C40H58N6O13/c1-23(2)20-28(36(56)42-18-10-7-11-19-47)44-38(58)34(40(4,5)6)46(30(48)15-17-32(51)52)39(59)29(21-25-13-9-8-12-24(25)3)45-37(57)27(14-16-31(49)50)43-35(55)26(41)22-33(53)54/h8-10,12-13,18-19,23,26-29,34H,7,11,14-17,20-22,41H2,1-6H3,(H,42,56)(H,43,55)(H,44,58)(H,45,57)(H,49,50)(H,51,52)(H,53,54)/t26-,27-,28-,29-,34+/m0/s1. The van der Waals surface area contributed by atoms with Crippen LogP contribution in [-0.4, -0.2) is 110 Å². The van der Waals surface area contributed by atoms with Gasteiger partial charge in [-0.2, -0.15) is 0 Å². The second-order valence-corrected chi connectivity index (χ2v) is 15.5. The minimum atomic E-state index is -1.71. The number of carbonyl (C=O) groups is 10. The van der Waals surface area contributed by atoms with Gasteiger partial charge in [0.15, 0.2) is 0 Å². The number of amides is 6. The number of benzene rings is 1. The molecule has 1 aromatic rings. The second kappa shape index (κ2) is 24.7. The maximum absolute atomic E-state index is 14.9. The van der Waals surface area contributed by atoms with Crippen molar-refractivity contribution in [3.05, 3.63) is 47.7 Å². The molecular formula is C40H58N6O13. The lowest BCUT2D eigenvalue weighted by Gasteiger charge is -2.40. The van der Waals surface area contributed by atoms with Crippen LogP contribution in [0.5, 0.6) is 0 Å². The molecule has 0 unspecified atom stereocenters. The van der Waals surface area contributed by atoms with E-state index < -0.39 is 121 Å². The molecule has 0 saturated heterocycles. The summed E-state index contributed by atoms with van der Waals surface area (Å²) in [6.07, 6.45) is 0.423. The lowest BCUT2D eigenvalue weighted by Crippen LogP contribution is -2.64. The van der Waals surface area contributed by atoms with Gasteiger partial charge in [-0.1, -0.05) is 65.0 Å². The predicted molar refractivity (Wildman–Crippen MR) is 212 cm³/mol. The van der Waals surface area contributed by atoms with Gasteiger partial charge in [-0.3, -0.25) is 48.1 Å². The third kappa shape index (κ3) is 18.4. The first-order chi connectivity index (χ1) is 27.5. The van der Waals surface area contributed by atoms with Gasteiger partial charge in [0, 0.05) is 25.7 Å². The van der Waals surface area contributed by atoms with Crippen molar-refractivity contribution >= 4 is 59.6 Å². The Labute approximate surface area is 342 Å². The van der Waals surface area contributed by atoms with E-state index >= 15 is 0 Å². The molecule has 0 aromatic heterocycles. The summed E-state index contributed by atoms with van der Waals surface area (Å²) in [6.45, 7) is 9.89. The first kappa shape index (κ1) is 51.0. The Bertz CT molecular complexity index is 1720. The minimum Gasteiger partial charge on any atom is -0.481 e. The summed E-state index contributed by atoms with van der Waals surface area (Å²) < 4.78 is 0. The number of carboxylic acid groups (broad SMARTS) is 3. The number of unbranched alkanes of at least 4 members (excludes halogenated alkanes) is 1. The summed E-state index contributed by atoms with van der Waals surface area (Å²) in [5.41, 5.74) is 5.52. The van der Waals surface area contributed by atoms with Crippen LogP contribution in [0.25, 0.3) is 0 Å². The van der Waals surface area contributed by atoms with Crippen molar-refractivity contribution in [3.63, 3.8) is 0 Å². The molecule has 0 saturated carbocycles. The lowest BCUT2D eigenvalue weighted by molar-refractivity contribution is -0.159. The number of carboxylic acids is 3. The van der Waals surface area contributed by atoms with Crippen LogP contribution in [0.3, 0.4) is 0 Å². The smallest absolute Gasteiger partial charge is 0.305 e. The zero-order valence-electron chi connectivity index (χ0n) is 34.3. The molecule has 0 heterocycles. The van der Waals surface area contributed by atoms with Crippen LogP contribution < -0.4 is 27.0 Å². The Morgan fingerprint density at radius 1 is 0.763 bits per heavy atom. The number of nitrogens with two attached hydrogens (primary N) is 1. The SMILES string of the molecule is Cc1ccccc1C[C@H](NC(=O)[C@H](CCC(=O)O)NC(=O)[C@@H](N)CC(=O)O)C(=O)N(C(=O)CCC(=O)O)[C@H](C(=O)N[C@@H](CC(C)C)C(=O)NC=CCCC=O)C(C)(C)C. The molecule has 19 nitrogen and oxygen atoms in total. The third-order valence-corrected chi connectivity index (χ3v) is 8.83. The van der Waals surface area contributed by atoms with Crippen LogP contribution in [0.1, 0.15) is 97.1 Å². The number of allylic oxidation sites excluding steroid dienone is 1. The van der Waals surface area contributed by atoms with Crippen molar-refractivity contribution in [2.24, 2.45) is 17.1 Å². The molecule has 0 radical (unpaired) electrons. The van der Waals surface area contributed by atoms with E-state index in [1.54, 1.807) is 51.1 Å². The maximum Gasteiger partial charge on any atom is 0.305 e. The fourth-order valence-corrected chi connectivity index (χ4v) is 5.86. The van der Waals surface area contributed by atoms with E-state index in [1.165, 1.54) is 27.0 Å². The van der Waals surface area contributed by atoms with E-state index in [2.05, 4.69) is 21.3 Å². The summed E-state index contributed by atoms with van der Waals surface area (Å²) in [5, 5.41) is 37.8. The molecule has 0 spiro atoms. The molecular weight excluding hydrogens is 772 g/mol. The number of nitrogens with zero attached hydrogens (tertiary/aromatic N) is 1. The predicted octanol–water partition coefficient (Wildman–Crippen LogP) is 0.949. The van der Waals surface area contributed by atoms with Crippen LogP contribution in [-0.2, 0) is 54.4 Å². The van der Waals surface area contributed by atoms with Crippen molar-refractivity contribution in [2.45, 2.75) is 130 Å². The van der Waals surface area contributed by atoms with Crippen LogP contribution in [0.4, 0.5) is 0 Å². The Balaban J connectivity index is 3.90. The number of aliphatic carboxylic acids is 3. The largest absolute Gasteiger partial charge is 0.481 e. The third-order valence-electron chi connectivity index (χ3n) is 8.83. The van der Waals surface area contributed by atoms with Gasteiger partial charge in [-0.25, -0.2) is 0 Å². The number of aryl methyl sites for hydroxylation is 1. The molecule has 19 heteroatoms. The van der Waals surface area contributed by atoms with Crippen molar-refractivity contribution < 1.29 is 63.3 Å². The molecule has 9 N–H and O–H groups in total. The van der Waals surface area contributed by atoms with Gasteiger partial charge < -0.3 is 47.1 Å². The Morgan fingerprint density at radius 3 is 1.90 bits per heavy atom. The monoisotopic (exact) mass is 830 g/mol. The fraction of sp³-hybridized carbons (Fsp3) is 0.550. The number of carbonyl (C=O) groups excluding carboxylic acids is 7. The average Bonchev–Trinajstić information content (AvgIpc) is 3.12. The summed E-state index contributed by atoms with van der Waals surface area (Å²) in [7, 11) is 0. The molecule has 59 heavy (non-hydrogen) atoms. The number of rotatable bonds is 25. The highest BCUT2D eigenvalue weighted by Gasteiger charge is 2.46. The van der Waals surface area contributed by atoms with E-state index in [9.17, 15) is 58.2 Å². The molecule has 6 amide bonds. The normalized spacial score (nSPS) is 13.9. The molecule has 5 atom stereocenters. The maximum atomic E-state index is 14.9. The Morgan fingerprint density at radius 2 is 1.36 bits per heavy atom. The van der Waals surface area contributed by atoms with Gasteiger partial charge in [-0.05, 0) is 54.8 Å². The highest BCUT2D eigenvalue weighted by atomic mass is 16.4. The van der Waals surface area contributed by atoms with Gasteiger partial charge in [0.2, 0.25) is 29.5 Å². The van der Waals surface area contributed by atoms with Crippen molar-refractivity contribution in [1.82, 2.24) is 26.2 Å². The molecule has 0 aliphatic rings. The second-order valence-electron chi connectivity index (χ2n) is 15.5. The Kier molecular flexibility index (Phi) is 21.4. The van der Waals surface area contributed by atoms with Crippen LogP contribution in [0, 0.1) is 18.3 Å². The van der Waals surface area contributed by atoms with Crippen molar-refractivity contribution in [1.29, 1.82) is 0 Å². The summed E-state index contributed by atoms with van der Waals surface area (Å²) in [4.78, 5) is 129. The van der Waals surface area contributed by atoms with Crippen molar-refractivity contribution in [2.75, 3.05) is 0 Å². The highest BCUT2D eigenvalue weighted by Crippen LogP contribution is 2.28.